The average Bonchev–Trinajstić information content (AvgIpc) is 3.21. The van der Waals surface area contributed by atoms with Crippen molar-refractivity contribution < 1.29 is 21.6 Å². The maximum Gasteiger partial charge on any atom is 0.433 e. The van der Waals surface area contributed by atoms with Gasteiger partial charge in [0.2, 0.25) is 0 Å². The van der Waals surface area contributed by atoms with E-state index in [-0.39, 0.29) is 27.7 Å². The first-order chi connectivity index (χ1) is 15.1. The van der Waals surface area contributed by atoms with Gasteiger partial charge < -0.3 is 0 Å². The van der Waals surface area contributed by atoms with E-state index in [1.54, 1.807) is 24.3 Å². The highest BCUT2D eigenvalue weighted by Crippen LogP contribution is 2.32. The third-order valence-corrected chi connectivity index (χ3v) is 6.54. The summed E-state index contributed by atoms with van der Waals surface area (Å²) in [4.78, 5) is 11.7. The molecule has 0 aliphatic rings. The van der Waals surface area contributed by atoms with Crippen molar-refractivity contribution in [3.05, 3.63) is 66.4 Å². The molecule has 0 saturated carbocycles. The molecule has 3 aromatic heterocycles. The molecule has 0 amide bonds. The Morgan fingerprint density at radius 3 is 2.44 bits per heavy atom. The minimum atomic E-state index is -4.63. The molecule has 32 heavy (non-hydrogen) atoms. The van der Waals surface area contributed by atoms with Crippen LogP contribution in [0.4, 0.5) is 13.2 Å². The number of imidazole rings is 1. The van der Waals surface area contributed by atoms with Gasteiger partial charge in [0.05, 0.1) is 22.3 Å². The third-order valence-electron chi connectivity index (χ3n) is 4.80. The number of aromatic nitrogens is 4. The van der Waals surface area contributed by atoms with Crippen molar-refractivity contribution in [1.29, 1.82) is 5.26 Å². The average molecular weight is 457 g/mol. The maximum absolute atomic E-state index is 13.0. The van der Waals surface area contributed by atoms with Gasteiger partial charge in [-0.15, -0.1) is 0 Å². The van der Waals surface area contributed by atoms with Crippen molar-refractivity contribution in [2.24, 2.45) is 0 Å². The van der Waals surface area contributed by atoms with Crippen LogP contribution in [0, 0.1) is 11.3 Å². The Morgan fingerprint density at radius 1 is 1.09 bits per heavy atom. The van der Waals surface area contributed by atoms with E-state index in [0.29, 0.717) is 16.7 Å². The van der Waals surface area contributed by atoms with Gasteiger partial charge in [0.25, 0.3) is 0 Å². The van der Waals surface area contributed by atoms with Crippen molar-refractivity contribution >= 4 is 15.5 Å². The lowest BCUT2D eigenvalue weighted by atomic mass is 10.1. The summed E-state index contributed by atoms with van der Waals surface area (Å²) in [5.41, 5.74) is 0.606. The second-order valence-electron chi connectivity index (χ2n) is 6.83. The monoisotopic (exact) mass is 457 g/mol. The lowest BCUT2D eigenvalue weighted by molar-refractivity contribution is -0.141. The first kappa shape index (κ1) is 21.5. The summed E-state index contributed by atoms with van der Waals surface area (Å²) in [7, 11) is -3.75. The second kappa shape index (κ2) is 7.72. The van der Waals surface area contributed by atoms with Crippen molar-refractivity contribution in [3.63, 3.8) is 0 Å². The molecule has 0 radical (unpaired) electrons. The first-order valence-corrected chi connectivity index (χ1v) is 10.9. The van der Waals surface area contributed by atoms with Gasteiger partial charge >= 0.3 is 6.18 Å². The van der Waals surface area contributed by atoms with Crippen LogP contribution in [0.1, 0.15) is 18.2 Å². The van der Waals surface area contributed by atoms with E-state index in [0.717, 1.165) is 12.4 Å². The van der Waals surface area contributed by atoms with E-state index < -0.39 is 21.7 Å². The molecule has 7 nitrogen and oxygen atoms in total. The Balaban J connectivity index is 1.87. The quantitative estimate of drug-likeness (QED) is 0.457. The summed E-state index contributed by atoms with van der Waals surface area (Å²) in [6.45, 7) is 1.48. The first-order valence-electron chi connectivity index (χ1n) is 9.28. The van der Waals surface area contributed by atoms with Crippen LogP contribution in [0.3, 0.4) is 0 Å². The molecule has 3 heterocycles. The number of halogens is 3. The summed E-state index contributed by atoms with van der Waals surface area (Å²) in [6.07, 6.45) is -0.838. The number of nitrogens with zero attached hydrogens (tertiary/aromatic N) is 5. The summed E-state index contributed by atoms with van der Waals surface area (Å²) in [5, 5.41) is 8.95. The largest absolute Gasteiger partial charge is 0.433 e. The molecule has 0 saturated heterocycles. The molecule has 4 aromatic rings. The van der Waals surface area contributed by atoms with E-state index in [9.17, 15) is 21.6 Å². The number of hydrogen-bond acceptors (Lipinski definition) is 6. The lowest BCUT2D eigenvalue weighted by Gasteiger charge is -2.10. The van der Waals surface area contributed by atoms with Crippen LogP contribution in [0.25, 0.3) is 28.2 Å². The number of alkyl halides is 3. The van der Waals surface area contributed by atoms with Crippen LogP contribution in [-0.4, -0.2) is 33.5 Å². The maximum atomic E-state index is 13.0. The van der Waals surface area contributed by atoms with E-state index in [1.807, 2.05) is 6.07 Å². The molecule has 0 N–H and O–H groups in total. The molecule has 4 rings (SSSR count). The fourth-order valence-corrected chi connectivity index (χ4v) is 4.15. The zero-order valence-electron chi connectivity index (χ0n) is 16.5. The van der Waals surface area contributed by atoms with Gasteiger partial charge in [-0.1, -0.05) is 19.1 Å². The van der Waals surface area contributed by atoms with Crippen LogP contribution in [0.15, 0.2) is 60.0 Å². The Bertz CT molecular complexity index is 1470. The fourth-order valence-electron chi connectivity index (χ4n) is 3.08. The molecule has 0 unspecified atom stereocenters. The van der Waals surface area contributed by atoms with Gasteiger partial charge in [-0.05, 0) is 23.8 Å². The highest BCUT2D eigenvalue weighted by atomic mass is 32.2. The van der Waals surface area contributed by atoms with Gasteiger partial charge in [-0.25, -0.2) is 18.4 Å². The lowest BCUT2D eigenvalue weighted by Crippen LogP contribution is -2.08. The predicted octanol–water partition coefficient (Wildman–Crippen LogP) is 4.14. The SMILES string of the molecule is CCS(=O)(=O)c1cc(-c2ccc(C#N)cc2)cnc1-c1cn2cnc(C(F)(F)F)cc2n1. The number of hydrogen-bond donors (Lipinski definition) is 0. The third kappa shape index (κ3) is 3.92. The molecule has 11 heteroatoms. The number of pyridine rings is 1. The summed E-state index contributed by atoms with van der Waals surface area (Å²) < 4.78 is 65.7. The summed E-state index contributed by atoms with van der Waals surface area (Å²) in [5.74, 6) is -0.203. The van der Waals surface area contributed by atoms with Gasteiger partial charge in [0, 0.05) is 24.0 Å². The Labute approximate surface area is 180 Å². The van der Waals surface area contributed by atoms with E-state index in [2.05, 4.69) is 15.0 Å². The summed E-state index contributed by atoms with van der Waals surface area (Å²) >= 11 is 0. The smallest absolute Gasteiger partial charge is 0.290 e. The van der Waals surface area contributed by atoms with Crippen LogP contribution in [0.2, 0.25) is 0 Å². The minimum Gasteiger partial charge on any atom is -0.290 e. The van der Waals surface area contributed by atoms with Crippen LogP contribution in [-0.2, 0) is 16.0 Å². The standard InChI is InChI=1S/C21H14F3N5O2S/c1-2-32(30,31)17-7-15(14-5-3-13(9-25)4-6-14)10-26-20(17)16-11-29-12-27-18(21(22,23)24)8-19(29)28-16/h3-8,10-12H,2H2,1H3. The van der Waals surface area contributed by atoms with E-state index in [4.69, 9.17) is 5.26 Å². The molecule has 0 fully saturated rings. The molecule has 1 aromatic carbocycles. The molecule has 0 bridgehead atoms. The Morgan fingerprint density at radius 2 is 1.81 bits per heavy atom. The number of sulfone groups is 1. The number of fused-ring (bicyclic) bond motifs is 1. The summed E-state index contributed by atoms with van der Waals surface area (Å²) in [6, 6.07) is 10.8. The van der Waals surface area contributed by atoms with E-state index >= 15 is 0 Å². The van der Waals surface area contributed by atoms with Crippen molar-refractivity contribution in [3.8, 4) is 28.6 Å². The number of benzene rings is 1. The second-order valence-corrected chi connectivity index (χ2v) is 9.07. The van der Waals surface area contributed by atoms with Gasteiger partial charge in [0.15, 0.2) is 9.84 Å². The number of nitriles is 1. The number of rotatable bonds is 4. The van der Waals surface area contributed by atoms with Crippen LogP contribution >= 0.6 is 0 Å². The molecular weight excluding hydrogens is 443 g/mol. The van der Waals surface area contributed by atoms with Crippen molar-refractivity contribution in [2.45, 2.75) is 18.0 Å². The topological polar surface area (TPSA) is 101 Å². The van der Waals surface area contributed by atoms with Crippen LogP contribution in [0.5, 0.6) is 0 Å². The molecule has 0 atom stereocenters. The molecular formula is C21H14F3N5O2S. The van der Waals surface area contributed by atoms with Crippen LogP contribution < -0.4 is 0 Å². The predicted molar refractivity (Wildman–Crippen MR) is 109 cm³/mol. The molecule has 0 aliphatic heterocycles. The van der Waals surface area contributed by atoms with Crippen molar-refractivity contribution in [1.82, 2.24) is 19.4 Å². The van der Waals surface area contributed by atoms with Gasteiger partial charge in [-0.3, -0.25) is 9.38 Å². The Hall–Kier alpha value is -3.78. The van der Waals surface area contributed by atoms with Gasteiger partial charge in [0.1, 0.15) is 29.1 Å². The van der Waals surface area contributed by atoms with E-state index in [1.165, 1.54) is 29.8 Å². The normalized spacial score (nSPS) is 12.1. The zero-order valence-corrected chi connectivity index (χ0v) is 17.3. The van der Waals surface area contributed by atoms with Crippen molar-refractivity contribution in [2.75, 3.05) is 5.75 Å². The zero-order chi connectivity index (χ0) is 23.1. The molecule has 162 valence electrons. The fraction of sp³-hybridized carbons (Fsp3) is 0.143. The highest BCUT2D eigenvalue weighted by Gasteiger charge is 2.33. The molecule has 0 aliphatic carbocycles. The minimum absolute atomic E-state index is 0.0292. The Kier molecular flexibility index (Phi) is 5.18. The molecule has 0 spiro atoms. The highest BCUT2D eigenvalue weighted by molar-refractivity contribution is 7.91. The van der Waals surface area contributed by atoms with Gasteiger partial charge in [-0.2, -0.15) is 18.4 Å².